The average molecular weight is 235 g/mol. The highest BCUT2D eigenvalue weighted by atomic mass is 19.3. The molecule has 0 bridgehead atoms. The highest BCUT2D eigenvalue weighted by Crippen LogP contribution is 2.40. The smallest absolute Gasteiger partial charge is 0.248 e. The monoisotopic (exact) mass is 235 g/mol. The first-order valence-corrected chi connectivity index (χ1v) is 6.58. The van der Waals surface area contributed by atoms with Gasteiger partial charge in [-0.1, -0.05) is 33.1 Å². The van der Waals surface area contributed by atoms with Crippen molar-refractivity contribution in [3.63, 3.8) is 0 Å². The second-order valence-electron chi connectivity index (χ2n) is 4.72. The summed E-state index contributed by atoms with van der Waals surface area (Å²) in [5.41, 5.74) is 0. The van der Waals surface area contributed by atoms with E-state index in [1.54, 1.807) is 0 Å². The predicted octanol–water partition coefficient (Wildman–Crippen LogP) is 4.32. The molecule has 0 amide bonds. The van der Waals surface area contributed by atoms with Crippen LogP contribution in [0.5, 0.6) is 0 Å². The van der Waals surface area contributed by atoms with E-state index in [0.29, 0.717) is 0 Å². The van der Waals surface area contributed by atoms with Gasteiger partial charge < -0.3 is 4.90 Å². The van der Waals surface area contributed by atoms with Crippen LogP contribution in [0.2, 0.25) is 0 Å². The molecule has 0 aromatic heterocycles. The number of unbranched alkanes of at least 4 members (excludes halogenated alkanes) is 1. The van der Waals surface area contributed by atoms with Crippen LogP contribution in [0.4, 0.5) is 8.78 Å². The maximum atomic E-state index is 11.1. The van der Waals surface area contributed by atoms with Crippen LogP contribution in [0, 0.1) is 0 Å². The molecule has 16 heavy (non-hydrogen) atoms. The van der Waals surface area contributed by atoms with Crippen LogP contribution < -0.4 is 0 Å². The lowest BCUT2D eigenvalue weighted by atomic mass is 10.1. The topological polar surface area (TPSA) is 3.24 Å². The number of piperidine rings is 1. The predicted molar refractivity (Wildman–Crippen MR) is 66.1 cm³/mol. The van der Waals surface area contributed by atoms with Crippen LogP contribution in [0.1, 0.15) is 58.8 Å². The number of alkyl halides is 2. The molecule has 1 aliphatic carbocycles. The fraction of sp³-hybridized carbons (Fsp3) is 1.00. The third-order valence-electron chi connectivity index (χ3n) is 2.71. The quantitative estimate of drug-likeness (QED) is 0.654. The Morgan fingerprint density at radius 1 is 0.938 bits per heavy atom. The maximum absolute atomic E-state index is 11.1. The Kier molecular flexibility index (Phi) is 8.81. The zero-order chi connectivity index (χ0) is 12.4. The minimum absolute atomic E-state index is 0.118. The van der Waals surface area contributed by atoms with Crippen molar-refractivity contribution < 1.29 is 8.78 Å². The molecule has 1 heterocycles. The van der Waals surface area contributed by atoms with E-state index in [0.717, 1.165) is 0 Å². The first-order valence-electron chi connectivity index (χ1n) is 6.58. The van der Waals surface area contributed by atoms with E-state index in [4.69, 9.17) is 0 Å². The van der Waals surface area contributed by atoms with Crippen molar-refractivity contribution in [2.24, 2.45) is 0 Å². The lowest BCUT2D eigenvalue weighted by molar-refractivity contribution is 0.120. The van der Waals surface area contributed by atoms with Gasteiger partial charge in [-0.25, -0.2) is 8.78 Å². The lowest BCUT2D eigenvalue weighted by Gasteiger charge is -2.20. The van der Waals surface area contributed by atoms with Gasteiger partial charge in [0.2, 0.25) is 5.92 Å². The molecule has 1 aliphatic heterocycles. The zero-order valence-electron chi connectivity index (χ0n) is 11.1. The zero-order valence-corrected chi connectivity index (χ0v) is 11.1. The summed E-state index contributed by atoms with van der Waals surface area (Å²) in [6, 6.07) is 0. The Labute approximate surface area is 99.2 Å². The van der Waals surface area contributed by atoms with Gasteiger partial charge >= 0.3 is 0 Å². The van der Waals surface area contributed by atoms with Crippen LogP contribution in [-0.2, 0) is 0 Å². The molecule has 0 atom stereocenters. The van der Waals surface area contributed by atoms with E-state index in [2.05, 4.69) is 25.8 Å². The molecule has 1 saturated carbocycles. The Morgan fingerprint density at radius 2 is 1.31 bits per heavy atom. The van der Waals surface area contributed by atoms with Gasteiger partial charge in [-0.2, -0.15) is 0 Å². The van der Waals surface area contributed by atoms with E-state index in [9.17, 15) is 8.78 Å². The normalized spacial score (nSPS) is 22.3. The largest absolute Gasteiger partial charge is 0.306 e. The summed E-state index contributed by atoms with van der Waals surface area (Å²) in [4.78, 5) is 2.39. The van der Waals surface area contributed by atoms with Gasteiger partial charge in [0, 0.05) is 12.8 Å². The van der Waals surface area contributed by atoms with Crippen LogP contribution in [0.3, 0.4) is 0 Å². The van der Waals surface area contributed by atoms with Crippen LogP contribution in [0.25, 0.3) is 0 Å². The molecule has 0 spiro atoms. The molecule has 2 fully saturated rings. The molecule has 2 rings (SSSR count). The maximum Gasteiger partial charge on any atom is 0.248 e. The van der Waals surface area contributed by atoms with Gasteiger partial charge in [-0.05, 0) is 33.0 Å². The number of hydrogen-bond acceptors (Lipinski definition) is 1. The first-order chi connectivity index (χ1) is 7.52. The van der Waals surface area contributed by atoms with Crippen molar-refractivity contribution in [3.8, 4) is 0 Å². The SMILES string of the molecule is CCCC.CN1CCCCC1.FC1(F)CC1. The van der Waals surface area contributed by atoms with Crippen molar-refractivity contribution in [3.05, 3.63) is 0 Å². The Balaban J connectivity index is 0.000000222. The molecule has 98 valence electrons. The molecule has 0 unspecified atom stereocenters. The van der Waals surface area contributed by atoms with Crippen molar-refractivity contribution in [2.75, 3.05) is 20.1 Å². The number of nitrogens with zero attached hydrogens (tertiary/aromatic N) is 1. The van der Waals surface area contributed by atoms with Gasteiger partial charge in [0.15, 0.2) is 0 Å². The molecule has 0 aromatic rings. The summed E-state index contributed by atoms with van der Waals surface area (Å²) in [6.07, 6.45) is 7.15. The fourth-order valence-corrected chi connectivity index (χ4v) is 1.15. The van der Waals surface area contributed by atoms with Gasteiger partial charge in [0.05, 0.1) is 0 Å². The van der Waals surface area contributed by atoms with Crippen molar-refractivity contribution >= 4 is 0 Å². The third-order valence-corrected chi connectivity index (χ3v) is 2.71. The Hall–Kier alpha value is -0.180. The van der Waals surface area contributed by atoms with E-state index >= 15 is 0 Å². The molecule has 0 aromatic carbocycles. The summed E-state index contributed by atoms with van der Waals surface area (Å²) in [6.45, 7) is 7.00. The first kappa shape index (κ1) is 15.8. The van der Waals surface area contributed by atoms with E-state index < -0.39 is 5.92 Å². The van der Waals surface area contributed by atoms with E-state index in [1.165, 1.54) is 45.2 Å². The second kappa shape index (κ2) is 8.91. The van der Waals surface area contributed by atoms with Gasteiger partial charge in [-0.3, -0.25) is 0 Å². The van der Waals surface area contributed by atoms with Crippen molar-refractivity contribution in [1.82, 2.24) is 4.90 Å². The molecule has 1 nitrogen and oxygen atoms in total. The highest BCUT2D eigenvalue weighted by Gasteiger charge is 2.43. The summed E-state index contributed by atoms with van der Waals surface area (Å²) in [5.74, 6) is -2.25. The van der Waals surface area contributed by atoms with Crippen molar-refractivity contribution in [1.29, 1.82) is 0 Å². The Bertz CT molecular complexity index is 146. The van der Waals surface area contributed by atoms with Gasteiger partial charge in [0.1, 0.15) is 0 Å². The summed E-state index contributed by atoms with van der Waals surface area (Å²) in [5, 5.41) is 0. The van der Waals surface area contributed by atoms with Crippen LogP contribution >= 0.6 is 0 Å². The van der Waals surface area contributed by atoms with Crippen LogP contribution in [0.15, 0.2) is 0 Å². The molecule has 3 heteroatoms. The van der Waals surface area contributed by atoms with E-state index in [-0.39, 0.29) is 12.8 Å². The number of halogens is 2. The number of hydrogen-bond donors (Lipinski definition) is 0. The molecule has 0 radical (unpaired) electrons. The summed E-state index contributed by atoms with van der Waals surface area (Å²) in [7, 11) is 2.19. The minimum Gasteiger partial charge on any atom is -0.306 e. The summed E-state index contributed by atoms with van der Waals surface area (Å²) < 4.78 is 22.3. The standard InChI is InChI=1S/C6H13N.C4H10.C3H4F2/c1-7-5-3-2-4-6-7;1-3-4-2;4-3(5)1-2-3/h2-6H2,1H3;3-4H2,1-2H3;1-2H2. The second-order valence-corrected chi connectivity index (χ2v) is 4.72. The minimum atomic E-state index is -2.25. The molecule has 0 N–H and O–H groups in total. The van der Waals surface area contributed by atoms with Gasteiger partial charge in [0.25, 0.3) is 0 Å². The molecular weight excluding hydrogens is 208 g/mol. The lowest BCUT2D eigenvalue weighted by Crippen LogP contribution is -2.24. The molecule has 1 saturated heterocycles. The van der Waals surface area contributed by atoms with Crippen molar-refractivity contribution in [2.45, 2.75) is 64.7 Å². The number of rotatable bonds is 1. The molecular formula is C13H27F2N. The third kappa shape index (κ3) is 11.9. The summed E-state index contributed by atoms with van der Waals surface area (Å²) >= 11 is 0. The average Bonchev–Trinajstić information content (AvgIpc) is 2.96. The van der Waals surface area contributed by atoms with Gasteiger partial charge in [-0.15, -0.1) is 0 Å². The Morgan fingerprint density at radius 3 is 1.44 bits per heavy atom. The number of likely N-dealkylation sites (tertiary alicyclic amines) is 1. The van der Waals surface area contributed by atoms with E-state index in [1.807, 2.05) is 0 Å². The fourth-order valence-electron chi connectivity index (χ4n) is 1.15. The molecule has 2 aliphatic rings. The van der Waals surface area contributed by atoms with Crippen LogP contribution in [-0.4, -0.2) is 31.0 Å². The highest BCUT2D eigenvalue weighted by molar-refractivity contribution is 4.81.